The van der Waals surface area contributed by atoms with Gasteiger partial charge in [-0.05, 0) is 35.4 Å². The topological polar surface area (TPSA) is 46.1 Å². The summed E-state index contributed by atoms with van der Waals surface area (Å²) in [6.45, 7) is 1.41. The van der Waals surface area contributed by atoms with Crippen molar-refractivity contribution >= 4 is 28.2 Å². The van der Waals surface area contributed by atoms with Crippen LogP contribution >= 0.6 is 11.6 Å². The summed E-state index contributed by atoms with van der Waals surface area (Å²) in [5.41, 5.74) is 3.48. The molecule has 0 saturated carbocycles. The number of rotatable bonds is 3. The Balaban J connectivity index is 1.83. The van der Waals surface area contributed by atoms with Crippen molar-refractivity contribution in [2.45, 2.75) is 0 Å². The molecule has 1 aromatic carbocycles. The molecule has 27 heavy (non-hydrogen) atoms. The quantitative estimate of drug-likeness (QED) is 0.660. The predicted octanol–water partition coefficient (Wildman–Crippen LogP) is 4.17. The molecule has 0 radical (unpaired) electrons. The fraction of sp³-hybridized carbons (Fsp3) is 0.200. The van der Waals surface area contributed by atoms with Gasteiger partial charge in [-0.1, -0.05) is 23.7 Å². The maximum absolute atomic E-state index is 13.4. The van der Waals surface area contributed by atoms with E-state index < -0.39 is 10.8 Å². The van der Waals surface area contributed by atoms with Gasteiger partial charge in [0.1, 0.15) is 11.6 Å². The molecule has 0 bridgehead atoms. The standard InChI is InChI=1S/C20H17ClFN3OS/c21-19-13-23-6-5-16(19)17-11-20(25-7-9-27(26)10-8-25)24-12-18(17)14-1-3-15(22)4-2-14/h1-6,11-13H,7-10H2. The lowest BCUT2D eigenvalue weighted by Gasteiger charge is -2.28. The van der Waals surface area contributed by atoms with Gasteiger partial charge in [-0.25, -0.2) is 9.37 Å². The van der Waals surface area contributed by atoms with Crippen LogP contribution in [0.4, 0.5) is 10.2 Å². The molecule has 1 aliphatic heterocycles. The summed E-state index contributed by atoms with van der Waals surface area (Å²) < 4.78 is 25.0. The molecule has 1 aliphatic rings. The highest BCUT2D eigenvalue weighted by Crippen LogP contribution is 2.37. The monoisotopic (exact) mass is 401 g/mol. The van der Waals surface area contributed by atoms with Crippen LogP contribution in [-0.4, -0.2) is 38.8 Å². The average Bonchev–Trinajstić information content (AvgIpc) is 2.69. The van der Waals surface area contributed by atoms with Crippen LogP contribution in [0.5, 0.6) is 0 Å². The molecule has 0 N–H and O–H groups in total. The van der Waals surface area contributed by atoms with Gasteiger partial charge < -0.3 is 4.90 Å². The third kappa shape index (κ3) is 3.87. The second-order valence-electron chi connectivity index (χ2n) is 6.29. The van der Waals surface area contributed by atoms with E-state index in [1.54, 1.807) is 30.7 Å². The van der Waals surface area contributed by atoms with E-state index in [9.17, 15) is 8.60 Å². The summed E-state index contributed by atoms with van der Waals surface area (Å²) in [4.78, 5) is 10.8. The van der Waals surface area contributed by atoms with Crippen molar-refractivity contribution in [1.29, 1.82) is 0 Å². The SMILES string of the molecule is O=S1CCN(c2cc(-c3ccncc3Cl)c(-c3ccc(F)cc3)cn2)CC1. The van der Waals surface area contributed by atoms with Crippen LogP contribution in [0.1, 0.15) is 0 Å². The average molecular weight is 402 g/mol. The van der Waals surface area contributed by atoms with Crippen LogP contribution < -0.4 is 4.90 Å². The van der Waals surface area contributed by atoms with Gasteiger partial charge in [0.25, 0.3) is 0 Å². The number of anilines is 1. The molecule has 0 amide bonds. The molecule has 0 unspecified atom stereocenters. The van der Waals surface area contributed by atoms with Crippen molar-refractivity contribution in [1.82, 2.24) is 9.97 Å². The van der Waals surface area contributed by atoms with Crippen LogP contribution in [0.25, 0.3) is 22.3 Å². The van der Waals surface area contributed by atoms with E-state index >= 15 is 0 Å². The molecular formula is C20H17ClFN3OS. The van der Waals surface area contributed by atoms with Gasteiger partial charge in [0.2, 0.25) is 0 Å². The number of nitrogens with zero attached hydrogens (tertiary/aromatic N) is 3. The fourth-order valence-corrected chi connectivity index (χ4v) is 4.43. The number of halogens is 2. The van der Waals surface area contributed by atoms with Crippen molar-refractivity contribution in [2.75, 3.05) is 29.5 Å². The molecule has 4 rings (SSSR count). The van der Waals surface area contributed by atoms with Gasteiger partial charge in [-0.3, -0.25) is 9.19 Å². The minimum Gasteiger partial charge on any atom is -0.355 e. The first kappa shape index (κ1) is 18.1. The molecule has 138 valence electrons. The van der Waals surface area contributed by atoms with E-state index in [0.29, 0.717) is 29.6 Å². The summed E-state index contributed by atoms with van der Waals surface area (Å²) in [7, 11) is -0.750. The van der Waals surface area contributed by atoms with Gasteiger partial charge >= 0.3 is 0 Å². The molecule has 4 nitrogen and oxygen atoms in total. The van der Waals surface area contributed by atoms with Gasteiger partial charge in [0, 0.05) is 65.1 Å². The molecule has 1 saturated heterocycles. The Bertz CT molecular complexity index is 987. The highest BCUT2D eigenvalue weighted by Gasteiger charge is 2.19. The van der Waals surface area contributed by atoms with Crippen LogP contribution in [0, 0.1) is 5.82 Å². The highest BCUT2D eigenvalue weighted by atomic mass is 35.5. The predicted molar refractivity (Wildman–Crippen MR) is 108 cm³/mol. The Morgan fingerprint density at radius 3 is 2.44 bits per heavy atom. The lowest BCUT2D eigenvalue weighted by atomic mass is 9.96. The third-order valence-electron chi connectivity index (χ3n) is 4.61. The number of hydrogen-bond donors (Lipinski definition) is 0. The van der Waals surface area contributed by atoms with Gasteiger partial charge in [0.15, 0.2) is 0 Å². The first-order valence-corrected chi connectivity index (χ1v) is 10.4. The van der Waals surface area contributed by atoms with Crippen LogP contribution in [0.15, 0.2) is 55.0 Å². The molecule has 1 fully saturated rings. The second-order valence-corrected chi connectivity index (χ2v) is 8.39. The second kappa shape index (κ2) is 7.74. The van der Waals surface area contributed by atoms with Gasteiger partial charge in [-0.15, -0.1) is 0 Å². The van der Waals surface area contributed by atoms with E-state index in [-0.39, 0.29) is 5.82 Å². The van der Waals surface area contributed by atoms with Crippen molar-refractivity contribution < 1.29 is 8.60 Å². The van der Waals surface area contributed by atoms with Crippen LogP contribution in [0.2, 0.25) is 5.02 Å². The van der Waals surface area contributed by atoms with Crippen molar-refractivity contribution in [3.8, 4) is 22.3 Å². The molecule has 7 heteroatoms. The summed E-state index contributed by atoms with van der Waals surface area (Å²) in [6, 6.07) is 10.2. The normalized spacial score (nSPS) is 15.1. The van der Waals surface area contributed by atoms with Crippen molar-refractivity contribution in [3.05, 3.63) is 65.8 Å². The Labute approximate surface area is 164 Å². The molecule has 0 atom stereocenters. The highest BCUT2D eigenvalue weighted by molar-refractivity contribution is 7.85. The third-order valence-corrected chi connectivity index (χ3v) is 6.19. The van der Waals surface area contributed by atoms with Crippen molar-refractivity contribution in [2.24, 2.45) is 0 Å². The smallest absolute Gasteiger partial charge is 0.129 e. The summed E-state index contributed by atoms with van der Waals surface area (Å²) in [6.07, 6.45) is 5.09. The van der Waals surface area contributed by atoms with E-state index in [1.807, 2.05) is 12.1 Å². The Kier molecular flexibility index (Phi) is 5.18. The number of pyridine rings is 2. The maximum atomic E-state index is 13.4. The number of benzene rings is 1. The van der Waals surface area contributed by atoms with E-state index in [1.165, 1.54) is 12.1 Å². The molecular weight excluding hydrogens is 385 g/mol. The van der Waals surface area contributed by atoms with Crippen LogP contribution in [0.3, 0.4) is 0 Å². The number of hydrogen-bond acceptors (Lipinski definition) is 4. The molecule has 2 aromatic heterocycles. The molecule has 3 heterocycles. The van der Waals surface area contributed by atoms with E-state index in [0.717, 1.165) is 28.1 Å². The minimum absolute atomic E-state index is 0.284. The Morgan fingerprint density at radius 2 is 1.74 bits per heavy atom. The fourth-order valence-electron chi connectivity index (χ4n) is 3.16. The van der Waals surface area contributed by atoms with E-state index in [2.05, 4.69) is 14.9 Å². The number of aromatic nitrogens is 2. The molecule has 3 aromatic rings. The summed E-state index contributed by atoms with van der Waals surface area (Å²) in [5.74, 6) is 1.83. The van der Waals surface area contributed by atoms with E-state index in [4.69, 9.17) is 11.6 Å². The lowest BCUT2D eigenvalue weighted by Crippen LogP contribution is -2.38. The zero-order valence-electron chi connectivity index (χ0n) is 14.4. The van der Waals surface area contributed by atoms with Crippen LogP contribution in [-0.2, 0) is 10.8 Å². The minimum atomic E-state index is -0.750. The maximum Gasteiger partial charge on any atom is 0.129 e. The largest absolute Gasteiger partial charge is 0.355 e. The first-order valence-electron chi connectivity index (χ1n) is 8.57. The first-order chi connectivity index (χ1) is 13.1. The zero-order chi connectivity index (χ0) is 18.8. The lowest BCUT2D eigenvalue weighted by molar-refractivity contribution is 0.628. The Hall–Kier alpha value is -2.31. The summed E-state index contributed by atoms with van der Waals surface area (Å²) >= 11 is 6.40. The summed E-state index contributed by atoms with van der Waals surface area (Å²) in [5, 5.41) is 0.540. The van der Waals surface area contributed by atoms with Crippen molar-refractivity contribution in [3.63, 3.8) is 0 Å². The molecule has 0 spiro atoms. The zero-order valence-corrected chi connectivity index (χ0v) is 16.0. The Morgan fingerprint density at radius 1 is 1.00 bits per heavy atom. The molecule has 0 aliphatic carbocycles. The van der Waals surface area contributed by atoms with Gasteiger partial charge in [0.05, 0.1) is 5.02 Å². The van der Waals surface area contributed by atoms with Gasteiger partial charge in [-0.2, -0.15) is 0 Å².